The molecule has 1 heterocycles. The second-order valence-corrected chi connectivity index (χ2v) is 16.1. The van der Waals surface area contributed by atoms with Gasteiger partial charge in [-0.25, -0.2) is 0 Å². The fourth-order valence-electron chi connectivity index (χ4n) is 9.70. The topological polar surface area (TPSA) is 8.17 Å². The number of rotatable bonds is 7. The van der Waals surface area contributed by atoms with Crippen LogP contribution in [0.1, 0.15) is 0 Å². The fourth-order valence-corrected chi connectivity index (χ4v) is 9.70. The number of benzene rings is 11. The predicted octanol–water partition coefficient (Wildman–Crippen LogP) is 16.7. The van der Waals surface area contributed by atoms with Gasteiger partial charge in [-0.3, -0.25) is 0 Å². The zero-order valence-electron chi connectivity index (χ0n) is 34.0. The summed E-state index contributed by atoms with van der Waals surface area (Å²) in [6, 6.07) is 88.5. The Morgan fingerprint density at radius 3 is 1.47 bits per heavy atom. The Balaban J connectivity index is 0.997. The van der Waals surface area contributed by atoms with Gasteiger partial charge in [0.25, 0.3) is 0 Å². The highest BCUT2D eigenvalue weighted by Gasteiger charge is 2.18. The highest BCUT2D eigenvalue weighted by molar-refractivity contribution is 6.14. The first-order chi connectivity index (χ1) is 30.8. The molecule has 62 heavy (non-hydrogen) atoms. The first-order valence-electron chi connectivity index (χ1n) is 21.3. The average molecular weight is 789 g/mol. The summed E-state index contributed by atoms with van der Waals surface area (Å²) < 4.78 is 2.42. The SMILES string of the molecule is c1cc(-c2cc3ccccc3c3ccccc23)cc(N(c2ccc(-c3ccccc3-n3c4ccccc4c4ccccc43)cc2)c2ccc(-c3cccc4ccccc34)cc2)c1. The number of hydrogen-bond donors (Lipinski definition) is 0. The van der Waals surface area contributed by atoms with Crippen LogP contribution in [0, 0.1) is 0 Å². The van der Waals surface area contributed by atoms with Crippen molar-refractivity contribution in [2.45, 2.75) is 0 Å². The summed E-state index contributed by atoms with van der Waals surface area (Å²) in [6.45, 7) is 0. The van der Waals surface area contributed by atoms with Gasteiger partial charge >= 0.3 is 0 Å². The smallest absolute Gasteiger partial charge is 0.0541 e. The summed E-state index contributed by atoms with van der Waals surface area (Å²) in [5, 5.41) is 10.0. The van der Waals surface area contributed by atoms with Crippen LogP contribution in [0.5, 0.6) is 0 Å². The fraction of sp³-hybridized carbons (Fsp3) is 0. The molecule has 0 aliphatic rings. The van der Waals surface area contributed by atoms with Crippen LogP contribution in [0.3, 0.4) is 0 Å². The van der Waals surface area contributed by atoms with Crippen molar-refractivity contribution in [2.24, 2.45) is 0 Å². The predicted molar refractivity (Wildman–Crippen MR) is 264 cm³/mol. The molecule has 0 radical (unpaired) electrons. The lowest BCUT2D eigenvalue weighted by Crippen LogP contribution is -2.10. The normalized spacial score (nSPS) is 11.5. The van der Waals surface area contributed by atoms with Crippen LogP contribution in [0.15, 0.2) is 243 Å². The third-order valence-electron chi connectivity index (χ3n) is 12.6. The zero-order chi connectivity index (χ0) is 41.0. The Morgan fingerprint density at radius 2 is 0.758 bits per heavy atom. The van der Waals surface area contributed by atoms with Gasteiger partial charge in [0.05, 0.1) is 16.7 Å². The molecular weight excluding hydrogens is 749 g/mol. The molecule has 0 unspecified atom stereocenters. The van der Waals surface area contributed by atoms with Gasteiger partial charge in [0.15, 0.2) is 0 Å². The van der Waals surface area contributed by atoms with Crippen LogP contribution >= 0.6 is 0 Å². The minimum atomic E-state index is 1.08. The maximum atomic E-state index is 2.42. The number of nitrogens with zero attached hydrogens (tertiary/aromatic N) is 2. The molecule has 12 rings (SSSR count). The van der Waals surface area contributed by atoms with E-state index in [4.69, 9.17) is 0 Å². The Morgan fingerprint density at radius 1 is 0.258 bits per heavy atom. The molecule has 0 bridgehead atoms. The van der Waals surface area contributed by atoms with Crippen LogP contribution < -0.4 is 4.90 Å². The Hall–Kier alpha value is -8.20. The average Bonchev–Trinajstić information content (AvgIpc) is 3.68. The lowest BCUT2D eigenvalue weighted by Gasteiger charge is -2.27. The molecule has 0 saturated heterocycles. The van der Waals surface area contributed by atoms with Crippen molar-refractivity contribution in [3.63, 3.8) is 0 Å². The summed E-state index contributed by atoms with van der Waals surface area (Å²) in [6.07, 6.45) is 0. The van der Waals surface area contributed by atoms with E-state index in [1.54, 1.807) is 0 Å². The van der Waals surface area contributed by atoms with E-state index in [1.807, 2.05) is 0 Å². The molecule has 0 spiro atoms. The van der Waals surface area contributed by atoms with E-state index in [-0.39, 0.29) is 0 Å². The van der Waals surface area contributed by atoms with Crippen molar-refractivity contribution in [3.8, 4) is 39.1 Å². The van der Waals surface area contributed by atoms with E-state index in [0.29, 0.717) is 0 Å². The van der Waals surface area contributed by atoms with Crippen molar-refractivity contribution in [1.29, 1.82) is 0 Å². The van der Waals surface area contributed by atoms with Crippen LogP contribution in [0.4, 0.5) is 17.1 Å². The summed E-state index contributed by atoms with van der Waals surface area (Å²) >= 11 is 0. The van der Waals surface area contributed by atoms with E-state index in [2.05, 4.69) is 252 Å². The Labute approximate surface area is 360 Å². The van der Waals surface area contributed by atoms with Crippen molar-refractivity contribution in [3.05, 3.63) is 243 Å². The highest BCUT2D eigenvalue weighted by atomic mass is 15.1. The van der Waals surface area contributed by atoms with Gasteiger partial charge in [-0.2, -0.15) is 0 Å². The number of fused-ring (bicyclic) bond motifs is 7. The molecule has 2 heteroatoms. The first-order valence-corrected chi connectivity index (χ1v) is 21.3. The molecule has 0 atom stereocenters. The molecule has 0 aliphatic carbocycles. The maximum absolute atomic E-state index is 2.42. The summed E-state index contributed by atoms with van der Waals surface area (Å²) in [4.78, 5) is 2.39. The zero-order valence-corrected chi connectivity index (χ0v) is 34.0. The van der Waals surface area contributed by atoms with E-state index >= 15 is 0 Å². The monoisotopic (exact) mass is 788 g/mol. The Kier molecular flexibility index (Phi) is 8.53. The molecule has 11 aromatic carbocycles. The van der Waals surface area contributed by atoms with Crippen LogP contribution in [-0.2, 0) is 0 Å². The lowest BCUT2D eigenvalue weighted by atomic mass is 9.93. The molecular formula is C60H40N2. The number of anilines is 3. The first kappa shape index (κ1) is 35.7. The van der Waals surface area contributed by atoms with Gasteiger partial charge in [0, 0.05) is 33.4 Å². The van der Waals surface area contributed by atoms with E-state index in [9.17, 15) is 0 Å². The lowest BCUT2D eigenvalue weighted by molar-refractivity contribution is 1.18. The molecule has 12 aromatic rings. The van der Waals surface area contributed by atoms with Gasteiger partial charge in [-0.05, 0) is 121 Å². The summed E-state index contributed by atoms with van der Waals surface area (Å²) in [5.74, 6) is 0. The molecule has 0 N–H and O–H groups in total. The number of hydrogen-bond acceptors (Lipinski definition) is 1. The minimum Gasteiger partial charge on any atom is -0.310 e. The highest BCUT2D eigenvalue weighted by Crippen LogP contribution is 2.42. The van der Waals surface area contributed by atoms with Gasteiger partial charge in [-0.1, -0.05) is 182 Å². The maximum Gasteiger partial charge on any atom is 0.0541 e. The van der Waals surface area contributed by atoms with Gasteiger partial charge in [0.2, 0.25) is 0 Å². The van der Waals surface area contributed by atoms with Gasteiger partial charge in [-0.15, -0.1) is 0 Å². The molecule has 1 aromatic heterocycles. The summed E-state index contributed by atoms with van der Waals surface area (Å²) in [5.41, 5.74) is 14.0. The third-order valence-corrected chi connectivity index (χ3v) is 12.6. The standard InChI is InChI=1S/C60H40N2/c1-3-20-49-41(15-1)17-14-27-50(49)42-31-35-46(36-32-42)61(48-19-13-18-44(39-48)57-40-45-16-2-4-21-51(45)53-23-5-6-24-54(53)57)47-37-33-43(34-38-47)52-22-7-10-28-58(52)62-59-29-11-8-25-55(59)56-26-9-12-30-60(56)62/h1-40H. The van der Waals surface area contributed by atoms with Crippen LogP contribution in [0.25, 0.3) is 93.2 Å². The number of para-hydroxylation sites is 3. The largest absolute Gasteiger partial charge is 0.310 e. The van der Waals surface area contributed by atoms with E-state index in [0.717, 1.165) is 28.3 Å². The van der Waals surface area contributed by atoms with Crippen LogP contribution in [-0.4, -0.2) is 4.57 Å². The van der Waals surface area contributed by atoms with Crippen molar-refractivity contribution < 1.29 is 0 Å². The van der Waals surface area contributed by atoms with Gasteiger partial charge < -0.3 is 9.47 Å². The van der Waals surface area contributed by atoms with E-state index < -0.39 is 0 Å². The van der Waals surface area contributed by atoms with Crippen molar-refractivity contribution in [1.82, 2.24) is 4.57 Å². The molecule has 0 saturated carbocycles. The van der Waals surface area contributed by atoms with Crippen LogP contribution in [0.2, 0.25) is 0 Å². The molecule has 0 amide bonds. The molecule has 290 valence electrons. The van der Waals surface area contributed by atoms with Crippen molar-refractivity contribution >= 4 is 71.2 Å². The second kappa shape index (κ2) is 14.8. The third kappa shape index (κ3) is 5.96. The second-order valence-electron chi connectivity index (χ2n) is 16.1. The number of aromatic nitrogens is 1. The quantitative estimate of drug-likeness (QED) is 0.146. The minimum absolute atomic E-state index is 1.08. The van der Waals surface area contributed by atoms with Crippen molar-refractivity contribution in [2.75, 3.05) is 4.90 Å². The van der Waals surface area contributed by atoms with Gasteiger partial charge in [0.1, 0.15) is 0 Å². The molecule has 0 fully saturated rings. The molecule has 2 nitrogen and oxygen atoms in total. The molecule has 0 aliphatic heterocycles. The summed E-state index contributed by atoms with van der Waals surface area (Å²) in [7, 11) is 0. The Bertz CT molecular complexity index is 3570. The van der Waals surface area contributed by atoms with E-state index in [1.165, 1.54) is 81.9 Å².